The molecule has 0 radical (unpaired) electrons. The Balaban J connectivity index is 3.04. The maximum absolute atomic E-state index is 11.8. The molecule has 3 N–H and O–H groups in total. The number of carbonyl (C=O) groups excluding carboxylic acids is 1. The fraction of sp³-hybridized carbons (Fsp3) is 0.385. The molecule has 0 bridgehead atoms. The van der Waals surface area contributed by atoms with E-state index in [0.29, 0.717) is 4.99 Å². The van der Waals surface area contributed by atoms with Crippen LogP contribution < -0.4 is 11.1 Å². The second kappa shape index (κ2) is 5.82. The van der Waals surface area contributed by atoms with Gasteiger partial charge in [-0.15, -0.1) is 0 Å². The first-order valence-corrected chi connectivity index (χ1v) is 6.12. The summed E-state index contributed by atoms with van der Waals surface area (Å²) < 4.78 is 0. The van der Waals surface area contributed by atoms with Gasteiger partial charge >= 0.3 is 0 Å². The Labute approximate surface area is 113 Å². The molecule has 1 aromatic carbocycles. The zero-order valence-corrected chi connectivity index (χ0v) is 12.0. The Hall–Kier alpha value is -1.62. The van der Waals surface area contributed by atoms with Crippen molar-refractivity contribution in [2.24, 2.45) is 5.73 Å². The van der Waals surface area contributed by atoms with Crippen LogP contribution in [0.2, 0.25) is 0 Å². The van der Waals surface area contributed by atoms with Crippen LogP contribution in [0.4, 0.5) is 5.69 Å². The smallest absolute Gasteiger partial charge is 0.244 e. The Morgan fingerprint density at radius 3 is 2.56 bits per heavy atom. The van der Waals surface area contributed by atoms with Crippen LogP contribution in [0.5, 0.6) is 0 Å². The number of anilines is 1. The predicted octanol–water partition coefficient (Wildman–Crippen LogP) is 1.52. The van der Waals surface area contributed by atoms with E-state index < -0.39 is 0 Å². The van der Waals surface area contributed by atoms with Crippen molar-refractivity contribution in [2.45, 2.75) is 19.9 Å². The summed E-state index contributed by atoms with van der Waals surface area (Å²) >= 11 is 5.02. The number of nitrogens with one attached hydrogen (secondary N) is 1. The minimum Gasteiger partial charge on any atom is -0.389 e. The van der Waals surface area contributed by atoms with Gasteiger partial charge in [-0.25, -0.2) is 0 Å². The summed E-state index contributed by atoms with van der Waals surface area (Å²) in [6, 6.07) is 5.38. The van der Waals surface area contributed by atoms with Gasteiger partial charge in [-0.1, -0.05) is 24.4 Å². The van der Waals surface area contributed by atoms with Crippen molar-refractivity contribution in [2.75, 3.05) is 19.4 Å². The summed E-state index contributed by atoms with van der Waals surface area (Å²) in [5.74, 6) is 0.00661. The minimum atomic E-state index is -0.325. The number of thiocarbonyl (C=S) groups is 1. The minimum absolute atomic E-state index is 0.00661. The predicted molar refractivity (Wildman–Crippen MR) is 78.8 cm³/mol. The molecule has 1 amide bonds. The highest BCUT2D eigenvalue weighted by Crippen LogP contribution is 2.21. The highest BCUT2D eigenvalue weighted by Gasteiger charge is 2.17. The van der Waals surface area contributed by atoms with E-state index in [4.69, 9.17) is 18.0 Å². The molecule has 4 nitrogen and oxygen atoms in total. The van der Waals surface area contributed by atoms with Crippen LogP contribution in [0, 0.1) is 6.92 Å². The van der Waals surface area contributed by atoms with Crippen molar-refractivity contribution in [1.82, 2.24) is 4.90 Å². The summed E-state index contributed by atoms with van der Waals surface area (Å²) in [7, 11) is 3.46. The first-order valence-electron chi connectivity index (χ1n) is 5.71. The van der Waals surface area contributed by atoms with Crippen LogP contribution in [0.15, 0.2) is 18.2 Å². The van der Waals surface area contributed by atoms with Gasteiger partial charge in [0.25, 0.3) is 0 Å². The second-order valence-electron chi connectivity index (χ2n) is 4.46. The third-order valence-electron chi connectivity index (χ3n) is 2.71. The topological polar surface area (TPSA) is 58.4 Å². The SMILES string of the molecule is Cc1cccc(C(N)=S)c1NC(C)C(=O)N(C)C. The molecule has 1 unspecified atom stereocenters. The average molecular weight is 265 g/mol. The molecule has 18 heavy (non-hydrogen) atoms. The van der Waals surface area contributed by atoms with Crippen molar-refractivity contribution >= 4 is 28.8 Å². The van der Waals surface area contributed by atoms with Gasteiger partial charge in [-0.3, -0.25) is 4.79 Å². The highest BCUT2D eigenvalue weighted by molar-refractivity contribution is 7.80. The van der Waals surface area contributed by atoms with E-state index in [-0.39, 0.29) is 11.9 Å². The van der Waals surface area contributed by atoms with Crippen molar-refractivity contribution in [3.05, 3.63) is 29.3 Å². The zero-order valence-electron chi connectivity index (χ0n) is 11.2. The number of hydrogen-bond donors (Lipinski definition) is 2. The summed E-state index contributed by atoms with van der Waals surface area (Å²) in [5, 5.41) is 3.18. The van der Waals surface area contributed by atoms with Crippen LogP contribution in [-0.4, -0.2) is 35.9 Å². The summed E-state index contributed by atoms with van der Waals surface area (Å²) in [6.07, 6.45) is 0. The number of para-hydroxylation sites is 1. The maximum Gasteiger partial charge on any atom is 0.244 e. The van der Waals surface area contributed by atoms with Crippen molar-refractivity contribution < 1.29 is 4.79 Å². The lowest BCUT2D eigenvalue weighted by Crippen LogP contribution is -2.37. The largest absolute Gasteiger partial charge is 0.389 e. The van der Waals surface area contributed by atoms with Gasteiger partial charge in [0.1, 0.15) is 11.0 Å². The number of likely N-dealkylation sites (N-methyl/N-ethyl adjacent to an activating group) is 1. The van der Waals surface area contributed by atoms with E-state index in [1.165, 1.54) is 0 Å². The molecule has 0 aliphatic carbocycles. The van der Waals surface area contributed by atoms with Crippen LogP contribution in [-0.2, 0) is 4.79 Å². The van der Waals surface area contributed by atoms with Crippen LogP contribution in [0.1, 0.15) is 18.1 Å². The lowest BCUT2D eigenvalue weighted by Gasteiger charge is -2.21. The number of carbonyl (C=O) groups is 1. The molecule has 1 atom stereocenters. The number of aryl methyl sites for hydroxylation is 1. The van der Waals surface area contributed by atoms with E-state index >= 15 is 0 Å². The molecule has 0 aliphatic heterocycles. The maximum atomic E-state index is 11.8. The molecule has 98 valence electrons. The quantitative estimate of drug-likeness (QED) is 0.810. The molecule has 0 heterocycles. The van der Waals surface area contributed by atoms with E-state index in [9.17, 15) is 4.79 Å². The molecule has 1 rings (SSSR count). The number of nitrogens with two attached hydrogens (primary N) is 1. The van der Waals surface area contributed by atoms with Crippen LogP contribution in [0.3, 0.4) is 0 Å². The molecular weight excluding hydrogens is 246 g/mol. The summed E-state index contributed by atoms with van der Waals surface area (Å²) in [4.78, 5) is 13.7. The standard InChI is InChI=1S/C13H19N3OS/c1-8-6-5-7-10(12(14)18)11(8)15-9(2)13(17)16(3)4/h5-7,9,15H,1-4H3,(H2,14,18). The molecule has 5 heteroatoms. The van der Waals surface area contributed by atoms with Gasteiger partial charge in [0, 0.05) is 25.3 Å². The van der Waals surface area contributed by atoms with E-state index in [0.717, 1.165) is 16.8 Å². The van der Waals surface area contributed by atoms with Gasteiger partial charge < -0.3 is 16.0 Å². The molecule has 0 fully saturated rings. The van der Waals surface area contributed by atoms with Crippen LogP contribution >= 0.6 is 12.2 Å². The van der Waals surface area contributed by atoms with Gasteiger partial charge in [0.2, 0.25) is 5.91 Å². The van der Waals surface area contributed by atoms with E-state index in [1.54, 1.807) is 19.0 Å². The number of amides is 1. The Bertz CT molecular complexity index is 471. The second-order valence-corrected chi connectivity index (χ2v) is 4.90. The number of rotatable bonds is 4. The molecule has 1 aromatic rings. The molecule has 0 saturated carbocycles. The first kappa shape index (κ1) is 14.4. The van der Waals surface area contributed by atoms with Gasteiger partial charge in [-0.2, -0.15) is 0 Å². The zero-order chi connectivity index (χ0) is 13.9. The van der Waals surface area contributed by atoms with Gasteiger partial charge in [-0.05, 0) is 25.5 Å². The fourth-order valence-electron chi connectivity index (χ4n) is 1.73. The Morgan fingerprint density at radius 1 is 1.44 bits per heavy atom. The highest BCUT2D eigenvalue weighted by atomic mass is 32.1. The van der Waals surface area contributed by atoms with Crippen molar-refractivity contribution in [1.29, 1.82) is 0 Å². The number of benzene rings is 1. The molecule has 0 saturated heterocycles. The average Bonchev–Trinajstić information content (AvgIpc) is 2.30. The van der Waals surface area contributed by atoms with E-state index in [2.05, 4.69) is 5.32 Å². The first-order chi connectivity index (χ1) is 8.34. The molecule has 0 aromatic heterocycles. The monoisotopic (exact) mass is 265 g/mol. The van der Waals surface area contributed by atoms with Gasteiger partial charge in [0.05, 0.1) is 0 Å². The Kier molecular flexibility index (Phi) is 4.67. The number of nitrogens with zero attached hydrogens (tertiary/aromatic N) is 1. The third kappa shape index (κ3) is 3.20. The summed E-state index contributed by atoms with van der Waals surface area (Å²) in [5.41, 5.74) is 8.30. The Morgan fingerprint density at radius 2 is 2.06 bits per heavy atom. The van der Waals surface area contributed by atoms with Gasteiger partial charge in [0.15, 0.2) is 0 Å². The summed E-state index contributed by atoms with van der Waals surface area (Å²) in [6.45, 7) is 3.77. The fourth-order valence-corrected chi connectivity index (χ4v) is 1.90. The molecular formula is C13H19N3OS. The van der Waals surface area contributed by atoms with E-state index in [1.807, 2.05) is 32.0 Å². The van der Waals surface area contributed by atoms with Crippen molar-refractivity contribution in [3.8, 4) is 0 Å². The lowest BCUT2D eigenvalue weighted by molar-refractivity contribution is -0.129. The number of hydrogen-bond acceptors (Lipinski definition) is 3. The molecule has 0 aliphatic rings. The van der Waals surface area contributed by atoms with Crippen molar-refractivity contribution in [3.63, 3.8) is 0 Å². The molecule has 0 spiro atoms. The normalized spacial score (nSPS) is 11.8. The van der Waals surface area contributed by atoms with Crippen LogP contribution in [0.25, 0.3) is 0 Å². The third-order valence-corrected chi connectivity index (χ3v) is 2.93. The lowest BCUT2D eigenvalue weighted by atomic mass is 10.1.